The molecule has 2 heterocycles. The van der Waals surface area contributed by atoms with Crippen LogP contribution in [0.5, 0.6) is 0 Å². The minimum Gasteiger partial charge on any atom is -0.456 e. The molecule has 8 rings (SSSR count). The zero-order chi connectivity index (χ0) is 25.9. The summed E-state index contributed by atoms with van der Waals surface area (Å²) in [6.07, 6.45) is 0. The molecule has 8 aromatic rings. The van der Waals surface area contributed by atoms with Crippen molar-refractivity contribution in [2.45, 2.75) is 6.92 Å². The lowest BCUT2D eigenvalue weighted by Gasteiger charge is -2.09. The van der Waals surface area contributed by atoms with Gasteiger partial charge < -0.3 is 8.98 Å². The van der Waals surface area contributed by atoms with E-state index in [1.807, 2.05) is 12.1 Å². The summed E-state index contributed by atoms with van der Waals surface area (Å²) in [6, 6.07) is 47.9. The van der Waals surface area contributed by atoms with Gasteiger partial charge in [0.15, 0.2) is 0 Å². The Balaban J connectivity index is 1.30. The van der Waals surface area contributed by atoms with Crippen LogP contribution in [0, 0.1) is 6.92 Å². The van der Waals surface area contributed by atoms with E-state index in [1.165, 1.54) is 49.6 Å². The van der Waals surface area contributed by atoms with Crippen LogP contribution in [0.3, 0.4) is 0 Å². The summed E-state index contributed by atoms with van der Waals surface area (Å²) >= 11 is 0. The quantitative estimate of drug-likeness (QED) is 0.236. The SMILES string of the molecule is Cc1ccc(-c2cccc(-c3ccc4c(c3)c3ccccc3n4-c3ccc4c(c3)oc3ccccc34)c2)cc1. The molecule has 39 heavy (non-hydrogen) atoms. The molecule has 0 unspecified atom stereocenters. The number of aromatic nitrogens is 1. The van der Waals surface area contributed by atoms with Crippen molar-refractivity contribution in [3.05, 3.63) is 139 Å². The minimum absolute atomic E-state index is 0.907. The fraction of sp³-hybridized carbons (Fsp3) is 0.0270. The summed E-state index contributed by atoms with van der Waals surface area (Å²) in [5.41, 5.74) is 11.5. The molecule has 2 aromatic heterocycles. The van der Waals surface area contributed by atoms with Crippen molar-refractivity contribution in [3.8, 4) is 27.9 Å². The number of aryl methyl sites for hydroxylation is 1. The van der Waals surface area contributed by atoms with E-state index in [0.717, 1.165) is 27.6 Å². The van der Waals surface area contributed by atoms with Gasteiger partial charge in [0.05, 0.1) is 11.0 Å². The first-order valence-corrected chi connectivity index (χ1v) is 13.4. The fourth-order valence-corrected chi connectivity index (χ4v) is 5.91. The van der Waals surface area contributed by atoms with E-state index in [0.29, 0.717) is 0 Å². The van der Waals surface area contributed by atoms with Crippen LogP contribution in [0.25, 0.3) is 71.7 Å². The van der Waals surface area contributed by atoms with Crippen molar-refractivity contribution in [2.75, 3.05) is 0 Å². The lowest BCUT2D eigenvalue weighted by atomic mass is 9.97. The van der Waals surface area contributed by atoms with Crippen molar-refractivity contribution in [2.24, 2.45) is 0 Å². The highest BCUT2D eigenvalue weighted by atomic mass is 16.3. The number of para-hydroxylation sites is 2. The van der Waals surface area contributed by atoms with Gasteiger partial charge in [-0.2, -0.15) is 0 Å². The molecule has 0 radical (unpaired) electrons. The van der Waals surface area contributed by atoms with E-state index in [9.17, 15) is 0 Å². The normalized spacial score (nSPS) is 11.7. The van der Waals surface area contributed by atoms with Gasteiger partial charge in [0.1, 0.15) is 11.2 Å². The lowest BCUT2D eigenvalue weighted by molar-refractivity contribution is 0.668. The second-order valence-electron chi connectivity index (χ2n) is 10.3. The molecule has 184 valence electrons. The van der Waals surface area contributed by atoms with Crippen molar-refractivity contribution in [3.63, 3.8) is 0 Å². The summed E-state index contributed by atoms with van der Waals surface area (Å²) in [5, 5.41) is 4.78. The van der Waals surface area contributed by atoms with Crippen LogP contribution in [-0.2, 0) is 0 Å². The Hall–Kier alpha value is -5.08. The van der Waals surface area contributed by atoms with Gasteiger partial charge in [0.2, 0.25) is 0 Å². The number of fused-ring (bicyclic) bond motifs is 6. The van der Waals surface area contributed by atoms with E-state index in [2.05, 4.69) is 133 Å². The molecule has 0 atom stereocenters. The van der Waals surface area contributed by atoms with Gasteiger partial charge in [0.25, 0.3) is 0 Å². The Morgan fingerprint density at radius 1 is 0.436 bits per heavy atom. The monoisotopic (exact) mass is 499 g/mol. The molecule has 2 heteroatoms. The molecule has 0 N–H and O–H groups in total. The molecule has 0 aliphatic rings. The molecule has 0 aliphatic carbocycles. The van der Waals surface area contributed by atoms with Gasteiger partial charge in [-0.25, -0.2) is 0 Å². The maximum Gasteiger partial charge on any atom is 0.137 e. The van der Waals surface area contributed by atoms with Gasteiger partial charge in [-0.15, -0.1) is 0 Å². The van der Waals surface area contributed by atoms with E-state index >= 15 is 0 Å². The standard InChI is InChI=1S/C37H25NO/c1-24-13-15-25(16-14-24)26-7-6-8-27(21-26)28-17-20-35-33(22-28)30-9-2-4-11-34(30)38(35)29-18-19-32-31-10-3-5-12-36(31)39-37(32)23-29/h2-23H,1H3. The van der Waals surface area contributed by atoms with Gasteiger partial charge in [-0.05, 0) is 71.6 Å². The molecule has 0 amide bonds. The molecule has 0 aliphatic heterocycles. The summed E-state index contributed by atoms with van der Waals surface area (Å²) in [6.45, 7) is 2.13. The van der Waals surface area contributed by atoms with Crippen LogP contribution >= 0.6 is 0 Å². The first-order valence-electron chi connectivity index (χ1n) is 13.4. The van der Waals surface area contributed by atoms with Crippen LogP contribution in [0.15, 0.2) is 138 Å². The highest BCUT2D eigenvalue weighted by Gasteiger charge is 2.15. The van der Waals surface area contributed by atoms with E-state index < -0.39 is 0 Å². The fourth-order valence-electron chi connectivity index (χ4n) is 5.91. The maximum atomic E-state index is 6.23. The van der Waals surface area contributed by atoms with E-state index in [-0.39, 0.29) is 0 Å². The van der Waals surface area contributed by atoms with Gasteiger partial charge >= 0.3 is 0 Å². The molecule has 0 fully saturated rings. The molecule has 0 spiro atoms. The predicted octanol–water partition coefficient (Wildman–Crippen LogP) is 10.3. The van der Waals surface area contributed by atoms with Crippen LogP contribution in [-0.4, -0.2) is 4.57 Å². The largest absolute Gasteiger partial charge is 0.456 e. The summed E-state index contributed by atoms with van der Waals surface area (Å²) in [5.74, 6) is 0. The van der Waals surface area contributed by atoms with Crippen LogP contribution in [0.4, 0.5) is 0 Å². The van der Waals surface area contributed by atoms with Gasteiger partial charge in [-0.1, -0.05) is 90.5 Å². The number of hydrogen-bond acceptors (Lipinski definition) is 1. The molecule has 6 aromatic carbocycles. The third-order valence-electron chi connectivity index (χ3n) is 7.87. The van der Waals surface area contributed by atoms with Crippen LogP contribution in [0.1, 0.15) is 5.56 Å². The molecule has 0 saturated carbocycles. The Morgan fingerprint density at radius 2 is 1.10 bits per heavy atom. The first kappa shape index (κ1) is 22.0. The average Bonchev–Trinajstić information content (AvgIpc) is 3.52. The molecular weight excluding hydrogens is 474 g/mol. The van der Waals surface area contributed by atoms with E-state index in [1.54, 1.807) is 0 Å². The molecule has 2 nitrogen and oxygen atoms in total. The smallest absolute Gasteiger partial charge is 0.137 e. The van der Waals surface area contributed by atoms with E-state index in [4.69, 9.17) is 4.42 Å². The van der Waals surface area contributed by atoms with Crippen LogP contribution < -0.4 is 0 Å². The summed E-state index contributed by atoms with van der Waals surface area (Å²) < 4.78 is 8.58. The van der Waals surface area contributed by atoms with Crippen molar-refractivity contribution >= 4 is 43.7 Å². The predicted molar refractivity (Wildman–Crippen MR) is 164 cm³/mol. The van der Waals surface area contributed by atoms with Crippen LogP contribution in [0.2, 0.25) is 0 Å². The zero-order valence-corrected chi connectivity index (χ0v) is 21.6. The minimum atomic E-state index is 0.907. The summed E-state index contributed by atoms with van der Waals surface area (Å²) in [4.78, 5) is 0. The molecular formula is C37H25NO. The van der Waals surface area contributed by atoms with Crippen molar-refractivity contribution in [1.82, 2.24) is 4.57 Å². The van der Waals surface area contributed by atoms with Crippen molar-refractivity contribution < 1.29 is 4.42 Å². The molecule has 0 saturated heterocycles. The number of hydrogen-bond donors (Lipinski definition) is 0. The second kappa shape index (κ2) is 8.47. The Labute approximate surface area is 226 Å². The first-order chi connectivity index (χ1) is 19.2. The zero-order valence-electron chi connectivity index (χ0n) is 21.6. The van der Waals surface area contributed by atoms with Crippen molar-refractivity contribution in [1.29, 1.82) is 0 Å². The number of benzene rings is 6. The Morgan fingerprint density at radius 3 is 1.97 bits per heavy atom. The lowest BCUT2D eigenvalue weighted by Crippen LogP contribution is -1.93. The third kappa shape index (κ3) is 3.49. The van der Waals surface area contributed by atoms with Gasteiger partial charge in [0, 0.05) is 33.3 Å². The maximum absolute atomic E-state index is 6.23. The highest BCUT2D eigenvalue weighted by Crippen LogP contribution is 2.37. The Kier molecular flexibility index (Phi) is 4.77. The van der Waals surface area contributed by atoms with Gasteiger partial charge in [-0.3, -0.25) is 0 Å². The average molecular weight is 500 g/mol. The number of nitrogens with zero attached hydrogens (tertiary/aromatic N) is 1. The summed E-state index contributed by atoms with van der Waals surface area (Å²) in [7, 11) is 0. The highest BCUT2D eigenvalue weighted by molar-refractivity contribution is 6.11. The third-order valence-corrected chi connectivity index (χ3v) is 7.87. The number of rotatable bonds is 3. The Bertz CT molecular complexity index is 2180. The second-order valence-corrected chi connectivity index (χ2v) is 10.3. The molecule has 0 bridgehead atoms. The topological polar surface area (TPSA) is 18.1 Å². The number of furan rings is 1.